The van der Waals surface area contributed by atoms with Crippen LogP contribution in [0.1, 0.15) is 30.0 Å². The molecular weight excluding hydrogens is 368 g/mol. The Morgan fingerprint density at radius 1 is 1.14 bits per heavy atom. The van der Waals surface area contributed by atoms with Crippen molar-refractivity contribution in [3.05, 3.63) is 78.4 Å². The molecule has 0 radical (unpaired) electrons. The van der Waals surface area contributed by atoms with Gasteiger partial charge in [-0.05, 0) is 30.5 Å². The SMILES string of the molecule is O=C(O)[C@H](c1cnn(Cc2ccccc2)c1)N1CCC(Oc2cccnc2)CC1. The Hall–Kier alpha value is -3.19. The highest BCUT2D eigenvalue weighted by atomic mass is 16.5. The van der Waals surface area contributed by atoms with Gasteiger partial charge in [0.15, 0.2) is 0 Å². The number of ether oxygens (including phenoxy) is 1. The molecule has 150 valence electrons. The summed E-state index contributed by atoms with van der Waals surface area (Å²) in [4.78, 5) is 18.1. The number of carboxylic acids is 1. The second-order valence-corrected chi connectivity index (χ2v) is 7.24. The van der Waals surface area contributed by atoms with Gasteiger partial charge in [-0.3, -0.25) is 19.4 Å². The maximum absolute atomic E-state index is 12.0. The summed E-state index contributed by atoms with van der Waals surface area (Å²) in [5.74, 6) is -0.0983. The molecule has 1 N–H and O–H groups in total. The van der Waals surface area contributed by atoms with E-state index in [0.717, 1.165) is 24.2 Å². The number of nitrogens with zero attached hydrogens (tertiary/aromatic N) is 4. The zero-order valence-electron chi connectivity index (χ0n) is 16.1. The number of pyridine rings is 1. The summed E-state index contributed by atoms with van der Waals surface area (Å²) in [5, 5.41) is 14.2. The van der Waals surface area contributed by atoms with Crippen molar-refractivity contribution in [1.29, 1.82) is 0 Å². The normalized spacial score (nSPS) is 16.4. The summed E-state index contributed by atoms with van der Waals surface area (Å²) >= 11 is 0. The molecule has 3 aromatic rings. The van der Waals surface area contributed by atoms with E-state index in [2.05, 4.69) is 10.1 Å². The second-order valence-electron chi connectivity index (χ2n) is 7.24. The van der Waals surface area contributed by atoms with Gasteiger partial charge in [-0.25, -0.2) is 0 Å². The van der Waals surface area contributed by atoms with Gasteiger partial charge in [0, 0.05) is 31.0 Å². The van der Waals surface area contributed by atoms with Gasteiger partial charge < -0.3 is 9.84 Å². The first kappa shape index (κ1) is 19.1. The van der Waals surface area contributed by atoms with Crippen LogP contribution in [-0.4, -0.2) is 49.9 Å². The van der Waals surface area contributed by atoms with Gasteiger partial charge in [-0.1, -0.05) is 30.3 Å². The van der Waals surface area contributed by atoms with Crippen LogP contribution in [0.15, 0.2) is 67.3 Å². The van der Waals surface area contributed by atoms with Crippen LogP contribution in [-0.2, 0) is 11.3 Å². The van der Waals surface area contributed by atoms with Gasteiger partial charge in [-0.15, -0.1) is 0 Å². The third kappa shape index (κ3) is 4.81. The van der Waals surface area contributed by atoms with Crippen molar-refractivity contribution in [2.24, 2.45) is 0 Å². The van der Waals surface area contributed by atoms with E-state index in [4.69, 9.17) is 4.74 Å². The molecule has 1 aliphatic heterocycles. The standard InChI is InChI=1S/C22H24N4O3/c27-22(28)21(18-13-24-26(16-18)15-17-5-2-1-3-6-17)25-11-8-19(9-12-25)29-20-7-4-10-23-14-20/h1-7,10,13-14,16,19,21H,8-9,11-12,15H2,(H,27,28)/t21-/m0/s1. The molecule has 3 heterocycles. The minimum atomic E-state index is -0.851. The lowest BCUT2D eigenvalue weighted by Gasteiger charge is -2.35. The van der Waals surface area contributed by atoms with Crippen LogP contribution < -0.4 is 4.74 Å². The van der Waals surface area contributed by atoms with E-state index in [-0.39, 0.29) is 6.10 Å². The van der Waals surface area contributed by atoms with Crippen LogP contribution in [0.2, 0.25) is 0 Å². The molecule has 0 saturated carbocycles. The van der Waals surface area contributed by atoms with E-state index in [0.29, 0.717) is 25.2 Å². The molecule has 0 spiro atoms. The number of likely N-dealkylation sites (tertiary alicyclic amines) is 1. The molecule has 1 aliphatic rings. The van der Waals surface area contributed by atoms with Crippen LogP contribution in [0, 0.1) is 0 Å². The number of aromatic nitrogens is 3. The molecule has 1 atom stereocenters. The lowest BCUT2D eigenvalue weighted by molar-refractivity contribution is -0.144. The van der Waals surface area contributed by atoms with Gasteiger partial charge in [0.2, 0.25) is 0 Å². The van der Waals surface area contributed by atoms with E-state index in [1.54, 1.807) is 23.3 Å². The van der Waals surface area contributed by atoms with E-state index < -0.39 is 12.0 Å². The maximum Gasteiger partial charge on any atom is 0.325 e. The third-order valence-corrected chi connectivity index (χ3v) is 5.17. The van der Waals surface area contributed by atoms with Crippen LogP contribution >= 0.6 is 0 Å². The summed E-state index contributed by atoms with van der Waals surface area (Å²) in [6.45, 7) is 1.94. The highest BCUT2D eigenvalue weighted by molar-refractivity contribution is 5.75. The van der Waals surface area contributed by atoms with Crippen molar-refractivity contribution in [3.8, 4) is 5.75 Å². The van der Waals surface area contributed by atoms with Crippen molar-refractivity contribution in [3.63, 3.8) is 0 Å². The molecule has 7 heteroatoms. The predicted octanol–water partition coefficient (Wildman–Crippen LogP) is 3.00. The van der Waals surface area contributed by atoms with Crippen LogP contribution in [0.5, 0.6) is 5.75 Å². The maximum atomic E-state index is 12.0. The number of carboxylic acid groups (broad SMARTS) is 1. The zero-order valence-corrected chi connectivity index (χ0v) is 16.1. The van der Waals surface area contributed by atoms with Gasteiger partial charge in [0.1, 0.15) is 17.9 Å². The summed E-state index contributed by atoms with van der Waals surface area (Å²) in [7, 11) is 0. The fourth-order valence-corrected chi connectivity index (χ4v) is 3.75. The molecule has 1 aromatic carbocycles. The van der Waals surface area contributed by atoms with Crippen LogP contribution in [0.3, 0.4) is 0 Å². The number of hydrogen-bond donors (Lipinski definition) is 1. The van der Waals surface area contributed by atoms with Crippen molar-refractivity contribution < 1.29 is 14.6 Å². The molecule has 2 aromatic heterocycles. The molecule has 0 bridgehead atoms. The number of hydrogen-bond acceptors (Lipinski definition) is 5. The monoisotopic (exact) mass is 392 g/mol. The lowest BCUT2D eigenvalue weighted by Crippen LogP contribution is -2.42. The number of piperidine rings is 1. The van der Waals surface area contributed by atoms with Gasteiger partial charge in [0.25, 0.3) is 0 Å². The highest BCUT2D eigenvalue weighted by Gasteiger charge is 2.32. The zero-order chi connectivity index (χ0) is 20.1. The van der Waals surface area contributed by atoms with Crippen molar-refractivity contribution in [2.75, 3.05) is 13.1 Å². The first-order chi connectivity index (χ1) is 14.2. The largest absolute Gasteiger partial charge is 0.489 e. The number of benzene rings is 1. The molecule has 4 rings (SSSR count). The first-order valence-electron chi connectivity index (χ1n) is 9.79. The lowest BCUT2D eigenvalue weighted by atomic mass is 10.0. The van der Waals surface area contributed by atoms with Gasteiger partial charge >= 0.3 is 5.97 Å². The smallest absolute Gasteiger partial charge is 0.325 e. The predicted molar refractivity (Wildman–Crippen MR) is 108 cm³/mol. The average molecular weight is 392 g/mol. The number of aliphatic carboxylic acids is 1. The van der Waals surface area contributed by atoms with Crippen LogP contribution in [0.4, 0.5) is 0 Å². The minimum absolute atomic E-state index is 0.0747. The van der Waals surface area contributed by atoms with E-state index in [1.165, 1.54) is 0 Å². The fraction of sp³-hybridized carbons (Fsp3) is 0.318. The Kier molecular flexibility index (Phi) is 5.86. The first-order valence-corrected chi connectivity index (χ1v) is 9.79. The van der Waals surface area contributed by atoms with Gasteiger partial charge in [-0.2, -0.15) is 5.10 Å². The van der Waals surface area contributed by atoms with E-state index in [9.17, 15) is 9.90 Å². The summed E-state index contributed by atoms with van der Waals surface area (Å²) < 4.78 is 7.76. The van der Waals surface area contributed by atoms with Crippen molar-refractivity contribution in [1.82, 2.24) is 19.7 Å². The molecule has 1 fully saturated rings. The molecular formula is C22H24N4O3. The number of carbonyl (C=O) groups is 1. The Labute approximate surface area is 169 Å². The quantitative estimate of drug-likeness (QED) is 0.666. The Morgan fingerprint density at radius 3 is 2.62 bits per heavy atom. The topological polar surface area (TPSA) is 80.5 Å². The van der Waals surface area contributed by atoms with E-state index in [1.807, 2.05) is 53.6 Å². The molecule has 7 nitrogen and oxygen atoms in total. The molecule has 0 aliphatic carbocycles. The van der Waals surface area contributed by atoms with Crippen molar-refractivity contribution in [2.45, 2.75) is 31.5 Å². The Balaban J connectivity index is 1.39. The van der Waals surface area contributed by atoms with Gasteiger partial charge in [0.05, 0.1) is 18.9 Å². The Bertz CT molecular complexity index is 922. The summed E-state index contributed by atoms with van der Waals surface area (Å²) in [6.07, 6.45) is 8.54. The summed E-state index contributed by atoms with van der Waals surface area (Å²) in [5.41, 5.74) is 1.84. The fourth-order valence-electron chi connectivity index (χ4n) is 3.75. The molecule has 29 heavy (non-hydrogen) atoms. The Morgan fingerprint density at radius 2 is 1.93 bits per heavy atom. The van der Waals surface area contributed by atoms with Crippen LogP contribution in [0.25, 0.3) is 0 Å². The van der Waals surface area contributed by atoms with Crippen molar-refractivity contribution >= 4 is 5.97 Å². The molecule has 1 saturated heterocycles. The molecule has 0 amide bonds. The number of rotatable bonds is 7. The highest BCUT2D eigenvalue weighted by Crippen LogP contribution is 2.26. The van der Waals surface area contributed by atoms with E-state index >= 15 is 0 Å². The minimum Gasteiger partial charge on any atom is -0.489 e. The third-order valence-electron chi connectivity index (χ3n) is 5.17. The second kappa shape index (κ2) is 8.87. The molecule has 0 unspecified atom stereocenters. The average Bonchev–Trinajstić information content (AvgIpc) is 3.18. The summed E-state index contributed by atoms with van der Waals surface area (Å²) in [6, 6.07) is 13.0.